The molecule has 7 aromatic carbocycles. The monoisotopic (exact) mass is 1080 g/mol. The summed E-state index contributed by atoms with van der Waals surface area (Å²) in [5.74, 6) is 0.882. The number of hydrogen-bond donors (Lipinski definition) is 4. The van der Waals surface area contributed by atoms with Crippen molar-refractivity contribution in [2.24, 2.45) is 0 Å². The zero-order valence-corrected chi connectivity index (χ0v) is 48.7. The lowest BCUT2D eigenvalue weighted by molar-refractivity contribution is -0.462. The predicted molar refractivity (Wildman–Crippen MR) is 333 cm³/mol. The van der Waals surface area contributed by atoms with Crippen molar-refractivity contribution in [2.45, 2.75) is 52.6 Å². The van der Waals surface area contributed by atoms with E-state index >= 15 is 0 Å². The van der Waals surface area contributed by atoms with Crippen molar-refractivity contribution in [3.8, 4) is 22.6 Å². The van der Waals surface area contributed by atoms with Crippen LogP contribution in [0, 0.1) is 0 Å². The van der Waals surface area contributed by atoms with Crippen LogP contribution < -0.4 is 30.0 Å². The Hall–Kier alpha value is -7.78. The van der Waals surface area contributed by atoms with Crippen LogP contribution in [0.1, 0.15) is 57.1 Å². The van der Waals surface area contributed by atoms with Crippen LogP contribution in [0.3, 0.4) is 0 Å². The number of nitrogens with zero attached hydrogens (tertiary/aromatic N) is 4. The van der Waals surface area contributed by atoms with E-state index in [9.17, 15) is 19.6 Å². The molecule has 1 aliphatic heterocycles. The molecule has 0 spiro atoms. The van der Waals surface area contributed by atoms with Crippen molar-refractivity contribution in [2.75, 3.05) is 60.3 Å². The van der Waals surface area contributed by atoms with Crippen LogP contribution >= 0.6 is 0 Å². The maximum Gasteiger partial charge on any atom is 0.504 e. The first-order valence-electron chi connectivity index (χ1n) is 27.3. The number of carbonyl (C=O) groups is 2. The van der Waals surface area contributed by atoms with Crippen molar-refractivity contribution >= 4 is 79.0 Å². The molecule has 1 heterocycles. The van der Waals surface area contributed by atoms with E-state index in [2.05, 4.69) is 183 Å². The summed E-state index contributed by atoms with van der Waals surface area (Å²) in [5.41, 5.74) is 13.8. The van der Waals surface area contributed by atoms with Crippen molar-refractivity contribution in [1.29, 1.82) is 0 Å². The van der Waals surface area contributed by atoms with Crippen molar-refractivity contribution in [3.63, 3.8) is 0 Å². The number of para-hydroxylation sites is 2. The Balaban J connectivity index is 1.24. The van der Waals surface area contributed by atoms with Gasteiger partial charge in [-0.15, -0.1) is 0 Å². The van der Waals surface area contributed by atoms with E-state index in [0.717, 1.165) is 71.9 Å². The van der Waals surface area contributed by atoms with E-state index < -0.39 is 23.4 Å². The van der Waals surface area contributed by atoms with Crippen molar-refractivity contribution < 1.29 is 33.5 Å². The molecule has 1 aliphatic carbocycles. The lowest BCUT2D eigenvalue weighted by Crippen LogP contribution is -2.49. The van der Waals surface area contributed by atoms with Gasteiger partial charge in [0, 0.05) is 93.5 Å². The first-order valence-corrected chi connectivity index (χ1v) is 30.3. The Bertz CT molecular complexity index is 3680. The number of benzene rings is 7. The molecule has 7 aromatic rings. The quantitative estimate of drug-likeness (QED) is 0.0184. The van der Waals surface area contributed by atoms with Gasteiger partial charge in [-0.2, -0.15) is 0 Å². The summed E-state index contributed by atoms with van der Waals surface area (Å²) in [5, 5.41) is 32.8. The summed E-state index contributed by atoms with van der Waals surface area (Å²) >= 11 is 0. The molecule has 0 aromatic heterocycles. The summed E-state index contributed by atoms with van der Waals surface area (Å²) in [6.45, 7) is 13.5. The van der Waals surface area contributed by atoms with Crippen LogP contribution in [-0.4, -0.2) is 121 Å². The molecule has 12 nitrogen and oxygen atoms in total. The topological polar surface area (TPSA) is 130 Å². The first kappa shape index (κ1) is 56.9. The lowest BCUT2D eigenvalue weighted by Gasteiger charge is -2.38. The Morgan fingerprint density at radius 1 is 0.650 bits per heavy atom. The molecule has 0 bridgehead atoms. The number of anilines is 1. The molecule has 0 atom stereocenters. The van der Waals surface area contributed by atoms with Crippen LogP contribution in [0.2, 0.25) is 13.1 Å². The molecule has 0 fully saturated rings. The van der Waals surface area contributed by atoms with Crippen LogP contribution in [0.15, 0.2) is 169 Å². The second kappa shape index (κ2) is 24.7. The van der Waals surface area contributed by atoms with Gasteiger partial charge in [-0.25, -0.2) is 4.58 Å². The molecule has 2 aliphatic rings. The fraction of sp³-hybridized carbons (Fsp3) is 0.246. The minimum Gasteiger partial charge on any atom is -0.539 e. The van der Waals surface area contributed by atoms with Gasteiger partial charge in [0.05, 0.1) is 0 Å². The minimum atomic E-state index is -2.30. The van der Waals surface area contributed by atoms with Gasteiger partial charge >= 0.3 is 15.4 Å². The van der Waals surface area contributed by atoms with Gasteiger partial charge in [-0.05, 0) is 159 Å². The minimum absolute atomic E-state index is 0.201. The molecule has 15 heteroatoms. The summed E-state index contributed by atoms with van der Waals surface area (Å²) < 4.78 is 13.5. The van der Waals surface area contributed by atoms with E-state index in [0.29, 0.717) is 68.3 Å². The fourth-order valence-corrected chi connectivity index (χ4v) is 14.4. The molecule has 2 amide bonds. The highest BCUT2D eigenvalue weighted by Gasteiger charge is 2.41. The van der Waals surface area contributed by atoms with E-state index in [1.54, 1.807) is 6.92 Å². The van der Waals surface area contributed by atoms with Crippen LogP contribution in [0.25, 0.3) is 38.2 Å². The highest BCUT2D eigenvalue weighted by molar-refractivity contribution is 6.98. The van der Waals surface area contributed by atoms with Gasteiger partial charge in [0.2, 0.25) is 5.91 Å². The third-order valence-corrected chi connectivity index (χ3v) is 18.9. The molecule has 0 radical (unpaired) electrons. The average molecular weight is 1080 g/mol. The Kier molecular flexibility index (Phi) is 17.6. The van der Waals surface area contributed by atoms with Gasteiger partial charge in [-0.3, -0.25) is 19.4 Å². The third kappa shape index (κ3) is 12.2. The summed E-state index contributed by atoms with van der Waals surface area (Å²) in [4.78, 5) is 33.7. The normalized spacial score (nSPS) is 13.5. The fourth-order valence-electron chi connectivity index (χ4n) is 11.3. The van der Waals surface area contributed by atoms with E-state index in [1.807, 2.05) is 54.6 Å². The number of allylic oxidation sites excluding steroid dienone is 5. The second-order valence-electron chi connectivity index (χ2n) is 22.1. The Morgan fingerprint density at radius 2 is 1.23 bits per heavy atom. The van der Waals surface area contributed by atoms with Gasteiger partial charge in [0.15, 0.2) is 5.71 Å². The first-order chi connectivity index (χ1) is 38.5. The molecule has 0 saturated carbocycles. The smallest absolute Gasteiger partial charge is 0.504 e. The lowest BCUT2D eigenvalue weighted by atomic mass is 9.86. The van der Waals surface area contributed by atoms with Gasteiger partial charge < -0.3 is 34.9 Å². The number of hydrogen-bond acceptors (Lipinski definition) is 9. The summed E-state index contributed by atoms with van der Waals surface area (Å²) in [7, 11) is 9.45. The number of rotatable bonds is 21. The van der Waals surface area contributed by atoms with E-state index in [-0.39, 0.29) is 11.8 Å². The summed E-state index contributed by atoms with van der Waals surface area (Å²) in [6.07, 6.45) is 7.40. The molecule has 9 rings (SSSR count). The maximum atomic E-state index is 14.7. The van der Waals surface area contributed by atoms with Crippen LogP contribution in [0.5, 0.6) is 11.5 Å². The van der Waals surface area contributed by atoms with Gasteiger partial charge in [-0.1, -0.05) is 98.5 Å². The van der Waals surface area contributed by atoms with Crippen molar-refractivity contribution in [1.82, 2.24) is 20.4 Å². The standard InChI is InChI=1S/C65H72B2N6O6Si/c1-42(2)64(74)68-30-17-31-69-65(75)48-33-46(32-47(34-48)63-54-28-25-49(70(3)4)36-61(54)80(9,10)62-37-50(71(5)6)26-29-55(62)63)43-24-27-53-56(35-43)58(41-73(8)39-45-19-12-16-23-60(45)79-67-77)52-21-14-13-20-51(52)57(53)40-72(7)38-44-18-11-15-22-59(44)78-66-76/h11-16,18-29,32-37,66-67,76-77H,1,17,30-31,38-41H2,2-10H3,(H-,68,69,74,75)/p+1. The molecule has 4 N–H and O–H groups in total. The highest BCUT2D eigenvalue weighted by Crippen LogP contribution is 2.44. The molecule has 408 valence electrons. The molecular weight excluding hydrogens is 1010 g/mol. The van der Waals surface area contributed by atoms with Crippen molar-refractivity contribution in [3.05, 3.63) is 207 Å². The largest absolute Gasteiger partial charge is 0.539 e. The predicted octanol–water partition coefficient (Wildman–Crippen LogP) is 8.56. The zero-order valence-electron chi connectivity index (χ0n) is 47.7. The zero-order chi connectivity index (χ0) is 56.8. The number of carbonyl (C=O) groups excluding carboxylic acids is 2. The molecule has 80 heavy (non-hydrogen) atoms. The van der Waals surface area contributed by atoms with E-state index in [1.165, 1.54) is 27.1 Å². The molecule has 0 saturated heterocycles. The van der Waals surface area contributed by atoms with Gasteiger partial charge in [0.25, 0.3) is 5.91 Å². The highest BCUT2D eigenvalue weighted by atomic mass is 28.3. The van der Waals surface area contributed by atoms with Crippen LogP contribution in [-0.2, 0) is 31.0 Å². The third-order valence-electron chi connectivity index (χ3n) is 15.4. The molecule has 0 unspecified atom stereocenters. The second-order valence-corrected chi connectivity index (χ2v) is 26.4. The SMILES string of the molecule is C=C(C)C(=O)NCCCNC(=O)c1cc(C2=C3C=CC(=[N+](C)C)C=C3[Si](C)(C)c3cc(N(C)C)ccc32)cc(-c2ccc3c(CN(C)Cc4ccccc4OBO)c4ccccc4c(CN(C)Cc4ccccc4OBO)c3c2)c1. The molecular formula is C65H73B2N6O6Si+. The van der Waals surface area contributed by atoms with E-state index in [4.69, 9.17) is 9.31 Å². The maximum absolute atomic E-state index is 14.7. The summed E-state index contributed by atoms with van der Waals surface area (Å²) in [6, 6.07) is 44.2. The average Bonchev–Trinajstić information content (AvgIpc) is 3.46. The van der Waals surface area contributed by atoms with Gasteiger partial charge in [0.1, 0.15) is 33.7 Å². The Morgan fingerprint density at radius 3 is 1.82 bits per heavy atom. The number of nitrogens with one attached hydrogen (secondary N) is 2. The Labute approximate surface area is 473 Å². The number of amides is 2. The van der Waals surface area contributed by atoms with Crippen LogP contribution in [0.4, 0.5) is 5.69 Å². The number of fused-ring (bicyclic) bond motifs is 4.